The molecule has 2 heterocycles. The average molecular weight is 317 g/mol. The second-order valence-electron chi connectivity index (χ2n) is 5.31. The summed E-state index contributed by atoms with van der Waals surface area (Å²) >= 11 is 0. The topological polar surface area (TPSA) is 118 Å². The zero-order chi connectivity index (χ0) is 16.4. The van der Waals surface area contributed by atoms with Gasteiger partial charge in [0, 0.05) is 30.7 Å². The second kappa shape index (κ2) is 6.17. The quantitative estimate of drug-likeness (QED) is 0.657. The van der Waals surface area contributed by atoms with Gasteiger partial charge in [0.05, 0.1) is 11.0 Å². The number of nitro benzene ring substituents is 1. The van der Waals surface area contributed by atoms with Crippen molar-refractivity contribution in [3.8, 4) is 0 Å². The molecule has 2 aromatic rings. The molecule has 0 radical (unpaired) electrons. The zero-order valence-corrected chi connectivity index (χ0v) is 12.2. The van der Waals surface area contributed by atoms with Gasteiger partial charge in [-0.2, -0.15) is 0 Å². The number of carbonyl (C=O) groups excluding carboxylic acids is 1. The van der Waals surface area contributed by atoms with Crippen molar-refractivity contribution >= 4 is 22.6 Å². The molecule has 1 fully saturated rings. The largest absolute Gasteiger partial charge is 0.438 e. The first-order valence-corrected chi connectivity index (χ1v) is 7.21. The number of nitrogens with one attached hydrogen (secondary N) is 2. The highest BCUT2D eigenvalue weighted by atomic mass is 16.6. The molecular formula is C15H15N3O5. The fourth-order valence-corrected chi connectivity index (χ4v) is 2.52. The van der Waals surface area contributed by atoms with E-state index >= 15 is 0 Å². The number of nitro groups is 1. The van der Waals surface area contributed by atoms with Crippen LogP contribution in [0.25, 0.3) is 11.0 Å². The number of nitrogens with zero attached hydrogens (tertiary/aromatic N) is 1. The third-order valence-corrected chi connectivity index (χ3v) is 3.72. The number of carbonyl (C=O) groups is 1. The molecule has 1 unspecified atom stereocenters. The van der Waals surface area contributed by atoms with E-state index in [1.165, 1.54) is 24.3 Å². The van der Waals surface area contributed by atoms with Crippen LogP contribution in [0.15, 0.2) is 28.7 Å². The lowest BCUT2D eigenvalue weighted by molar-refractivity contribution is -0.384. The van der Waals surface area contributed by atoms with Gasteiger partial charge < -0.3 is 14.5 Å². The normalized spacial score (nSPS) is 17.3. The summed E-state index contributed by atoms with van der Waals surface area (Å²) in [6.07, 6.45) is 1.85. The van der Waals surface area contributed by atoms with E-state index in [2.05, 4.69) is 5.32 Å². The highest BCUT2D eigenvalue weighted by Crippen LogP contribution is 2.20. The van der Waals surface area contributed by atoms with E-state index in [-0.39, 0.29) is 22.9 Å². The Morgan fingerprint density at radius 3 is 2.96 bits per heavy atom. The van der Waals surface area contributed by atoms with Gasteiger partial charge in [0.15, 0.2) is 0 Å². The first-order chi connectivity index (χ1) is 11.0. The van der Waals surface area contributed by atoms with E-state index < -0.39 is 10.8 Å². The number of ether oxygens (including phenoxy) is 1. The molecule has 23 heavy (non-hydrogen) atoms. The van der Waals surface area contributed by atoms with Gasteiger partial charge in [-0.15, -0.1) is 0 Å². The molecule has 8 heteroatoms. The van der Waals surface area contributed by atoms with Crippen molar-refractivity contribution in [1.82, 2.24) is 5.32 Å². The maximum atomic E-state index is 12.2. The predicted octanol–water partition coefficient (Wildman–Crippen LogP) is 1.73. The maximum absolute atomic E-state index is 12.2. The Bertz CT molecular complexity index is 823. The van der Waals surface area contributed by atoms with Crippen LogP contribution in [-0.4, -0.2) is 30.1 Å². The molecule has 1 atom stereocenters. The number of hydrogen-bond donors (Lipinski definition) is 2. The molecule has 0 spiro atoms. The maximum Gasteiger partial charge on any atom is 0.270 e. The lowest BCUT2D eigenvalue weighted by Gasteiger charge is -2.10. The molecule has 0 bridgehead atoms. The van der Waals surface area contributed by atoms with E-state index in [1.807, 2.05) is 0 Å². The van der Waals surface area contributed by atoms with Crippen molar-refractivity contribution in [3.63, 3.8) is 0 Å². The van der Waals surface area contributed by atoms with Crippen LogP contribution in [-0.2, 0) is 4.74 Å². The highest BCUT2D eigenvalue weighted by molar-refractivity contribution is 5.96. The predicted molar refractivity (Wildman–Crippen MR) is 80.0 cm³/mol. The first-order valence-electron chi connectivity index (χ1n) is 7.21. The highest BCUT2D eigenvalue weighted by Gasteiger charge is 2.18. The van der Waals surface area contributed by atoms with E-state index in [9.17, 15) is 14.9 Å². The van der Waals surface area contributed by atoms with Gasteiger partial charge in [-0.05, 0) is 25.0 Å². The van der Waals surface area contributed by atoms with Gasteiger partial charge in [0.25, 0.3) is 11.6 Å². The van der Waals surface area contributed by atoms with Gasteiger partial charge >= 0.3 is 0 Å². The lowest BCUT2D eigenvalue weighted by atomic mass is 10.1. The Balaban J connectivity index is 1.86. The van der Waals surface area contributed by atoms with Crippen LogP contribution >= 0.6 is 0 Å². The summed E-state index contributed by atoms with van der Waals surface area (Å²) in [4.78, 5) is 22.5. The average Bonchev–Trinajstić information content (AvgIpc) is 3.04. The second-order valence-corrected chi connectivity index (χ2v) is 5.31. The fourth-order valence-electron chi connectivity index (χ4n) is 2.52. The third kappa shape index (κ3) is 3.21. The number of fused-ring (bicyclic) bond motifs is 1. The minimum atomic E-state index is -0.523. The Labute approximate surface area is 130 Å². The zero-order valence-electron chi connectivity index (χ0n) is 12.2. The SMILES string of the molecule is N=c1oc2ccc([N+](=O)[O-])cc2cc1C(=O)NCC1CCCO1. The molecule has 0 aliphatic carbocycles. The van der Waals surface area contributed by atoms with Gasteiger partial charge in [-0.1, -0.05) is 0 Å². The smallest absolute Gasteiger partial charge is 0.270 e. The van der Waals surface area contributed by atoms with Crippen LogP contribution in [0, 0.1) is 15.5 Å². The Hall–Kier alpha value is -2.74. The lowest BCUT2D eigenvalue weighted by Crippen LogP contribution is -2.34. The van der Waals surface area contributed by atoms with Crippen LogP contribution < -0.4 is 10.9 Å². The van der Waals surface area contributed by atoms with E-state index in [0.717, 1.165) is 12.8 Å². The van der Waals surface area contributed by atoms with Crippen LogP contribution in [0.4, 0.5) is 5.69 Å². The molecule has 2 N–H and O–H groups in total. The van der Waals surface area contributed by atoms with Crippen molar-refractivity contribution in [1.29, 1.82) is 5.41 Å². The molecule has 1 amide bonds. The van der Waals surface area contributed by atoms with Crippen LogP contribution in [0.1, 0.15) is 23.2 Å². The first kappa shape index (κ1) is 15.2. The van der Waals surface area contributed by atoms with E-state index in [1.54, 1.807) is 0 Å². The van der Waals surface area contributed by atoms with E-state index in [4.69, 9.17) is 14.6 Å². The number of benzene rings is 1. The molecule has 1 aliphatic rings. The van der Waals surface area contributed by atoms with Gasteiger partial charge in [-0.25, -0.2) is 0 Å². The number of non-ortho nitro benzene ring substituents is 1. The summed E-state index contributed by atoms with van der Waals surface area (Å²) in [6, 6.07) is 5.45. The minimum Gasteiger partial charge on any atom is -0.438 e. The summed E-state index contributed by atoms with van der Waals surface area (Å²) in [6.45, 7) is 1.06. The standard InChI is InChI=1S/C15H15N3O5/c16-14-12(15(19)17-8-11-2-1-5-22-11)7-9-6-10(18(20)21)3-4-13(9)23-14/h3-4,6-7,11,16H,1-2,5,8H2,(H,17,19). The minimum absolute atomic E-state index is 0.00776. The van der Waals surface area contributed by atoms with Crippen molar-refractivity contribution in [2.24, 2.45) is 0 Å². The molecule has 120 valence electrons. The van der Waals surface area contributed by atoms with Crippen molar-refractivity contribution in [2.45, 2.75) is 18.9 Å². The number of hydrogen-bond acceptors (Lipinski definition) is 6. The van der Waals surface area contributed by atoms with Gasteiger partial charge in [-0.3, -0.25) is 20.3 Å². The Kier molecular flexibility index (Phi) is 4.07. The van der Waals surface area contributed by atoms with Crippen molar-refractivity contribution in [3.05, 3.63) is 45.5 Å². The van der Waals surface area contributed by atoms with Crippen LogP contribution in [0.2, 0.25) is 0 Å². The summed E-state index contributed by atoms with van der Waals surface area (Å²) in [5, 5.41) is 21.7. The monoisotopic (exact) mass is 317 g/mol. The Morgan fingerprint density at radius 1 is 1.43 bits per heavy atom. The van der Waals surface area contributed by atoms with Crippen molar-refractivity contribution in [2.75, 3.05) is 13.2 Å². The molecular weight excluding hydrogens is 302 g/mol. The summed E-state index contributed by atoms with van der Waals surface area (Å²) < 4.78 is 10.7. The Morgan fingerprint density at radius 2 is 2.26 bits per heavy atom. The number of rotatable bonds is 4. The van der Waals surface area contributed by atoms with Crippen LogP contribution in [0.3, 0.4) is 0 Å². The van der Waals surface area contributed by atoms with E-state index in [0.29, 0.717) is 24.1 Å². The number of amides is 1. The van der Waals surface area contributed by atoms with Gasteiger partial charge in [0.1, 0.15) is 11.1 Å². The molecule has 1 aliphatic heterocycles. The van der Waals surface area contributed by atoms with Gasteiger partial charge in [0.2, 0.25) is 5.55 Å². The molecule has 1 aromatic carbocycles. The third-order valence-electron chi connectivity index (χ3n) is 3.72. The molecule has 8 nitrogen and oxygen atoms in total. The van der Waals surface area contributed by atoms with Crippen molar-refractivity contribution < 1.29 is 18.9 Å². The van der Waals surface area contributed by atoms with Crippen LogP contribution in [0.5, 0.6) is 0 Å². The summed E-state index contributed by atoms with van der Waals surface area (Å²) in [5.74, 6) is -0.456. The summed E-state index contributed by atoms with van der Waals surface area (Å²) in [5.41, 5.74) is -0.0281. The molecule has 0 saturated carbocycles. The fraction of sp³-hybridized carbons (Fsp3) is 0.333. The molecule has 1 aromatic heterocycles. The molecule has 1 saturated heterocycles. The summed E-state index contributed by atoms with van der Waals surface area (Å²) in [7, 11) is 0. The molecule has 3 rings (SSSR count).